The van der Waals surface area contributed by atoms with E-state index in [2.05, 4.69) is 10.3 Å². The Hall–Kier alpha value is -2.15. The summed E-state index contributed by atoms with van der Waals surface area (Å²) in [6.45, 7) is 0.557. The van der Waals surface area contributed by atoms with E-state index in [4.69, 9.17) is 9.84 Å². The molecule has 0 saturated carbocycles. The molecule has 19 heavy (non-hydrogen) atoms. The first-order valence-electron chi connectivity index (χ1n) is 5.77. The molecule has 7 heteroatoms. The first-order chi connectivity index (χ1) is 9.09. The fraction of sp³-hybridized carbons (Fsp3) is 0.417. The number of pyridine rings is 1. The minimum Gasteiger partial charge on any atom is -0.480 e. The summed E-state index contributed by atoms with van der Waals surface area (Å²) < 4.78 is 4.80. The lowest BCUT2D eigenvalue weighted by molar-refractivity contribution is -0.142. The Morgan fingerprint density at radius 3 is 2.74 bits per heavy atom. The van der Waals surface area contributed by atoms with Gasteiger partial charge in [-0.25, -0.2) is 9.59 Å². The molecular formula is C12H17N3O4. The number of carbonyl (C=O) groups is 2. The van der Waals surface area contributed by atoms with Crippen molar-refractivity contribution >= 4 is 12.0 Å². The Kier molecular flexibility index (Phi) is 6.31. The Labute approximate surface area is 111 Å². The average molecular weight is 267 g/mol. The summed E-state index contributed by atoms with van der Waals surface area (Å²) >= 11 is 0. The number of aromatic nitrogens is 1. The number of nitrogens with one attached hydrogen (secondary N) is 1. The second-order valence-electron chi connectivity index (χ2n) is 3.89. The topological polar surface area (TPSA) is 91.8 Å². The van der Waals surface area contributed by atoms with E-state index in [0.29, 0.717) is 6.54 Å². The van der Waals surface area contributed by atoms with Crippen LogP contribution < -0.4 is 5.32 Å². The molecule has 0 aliphatic heterocycles. The van der Waals surface area contributed by atoms with Gasteiger partial charge in [-0.05, 0) is 17.7 Å². The van der Waals surface area contributed by atoms with E-state index in [0.717, 1.165) is 5.56 Å². The molecule has 1 heterocycles. The van der Waals surface area contributed by atoms with Gasteiger partial charge in [0.1, 0.15) is 6.61 Å². The van der Waals surface area contributed by atoms with Crippen molar-refractivity contribution in [3.05, 3.63) is 30.1 Å². The first kappa shape index (κ1) is 14.9. The highest BCUT2D eigenvalue weighted by Crippen LogP contribution is 2.00. The number of carboxylic acids is 1. The van der Waals surface area contributed by atoms with Gasteiger partial charge in [-0.1, -0.05) is 0 Å². The van der Waals surface area contributed by atoms with E-state index < -0.39 is 5.97 Å². The zero-order chi connectivity index (χ0) is 14.1. The molecule has 2 amide bonds. The number of aliphatic carboxylic acids is 1. The van der Waals surface area contributed by atoms with E-state index in [1.165, 1.54) is 4.90 Å². The number of nitrogens with zero attached hydrogens (tertiary/aromatic N) is 2. The standard InChI is InChI=1S/C12H17N3O4/c1-15(8-10-2-4-13-5-3-10)12(18)14-6-7-19-9-11(16)17/h2-5H,6-9H2,1H3,(H,14,18)(H,16,17). The van der Waals surface area contributed by atoms with Gasteiger partial charge in [0.15, 0.2) is 0 Å². The molecule has 0 saturated heterocycles. The Morgan fingerprint density at radius 2 is 2.11 bits per heavy atom. The summed E-state index contributed by atoms with van der Waals surface area (Å²) in [4.78, 5) is 27.3. The van der Waals surface area contributed by atoms with Crippen LogP contribution in [0.4, 0.5) is 4.79 Å². The summed E-state index contributed by atoms with van der Waals surface area (Å²) in [6.07, 6.45) is 3.33. The predicted octanol–water partition coefficient (Wildman–Crippen LogP) is 0.324. The van der Waals surface area contributed by atoms with Crippen LogP contribution in [0.5, 0.6) is 0 Å². The largest absolute Gasteiger partial charge is 0.480 e. The van der Waals surface area contributed by atoms with E-state index >= 15 is 0 Å². The highest BCUT2D eigenvalue weighted by atomic mass is 16.5. The van der Waals surface area contributed by atoms with Crippen LogP contribution in [0.3, 0.4) is 0 Å². The smallest absolute Gasteiger partial charge is 0.329 e. The van der Waals surface area contributed by atoms with Crippen molar-refractivity contribution in [3.8, 4) is 0 Å². The second-order valence-corrected chi connectivity index (χ2v) is 3.89. The molecule has 0 bridgehead atoms. The zero-order valence-electron chi connectivity index (χ0n) is 10.7. The third-order valence-corrected chi connectivity index (χ3v) is 2.26. The van der Waals surface area contributed by atoms with Gasteiger partial charge in [-0.15, -0.1) is 0 Å². The molecule has 0 radical (unpaired) electrons. The molecule has 7 nitrogen and oxygen atoms in total. The molecule has 1 aromatic rings. The monoisotopic (exact) mass is 267 g/mol. The van der Waals surface area contributed by atoms with Crippen molar-refractivity contribution in [1.82, 2.24) is 15.2 Å². The predicted molar refractivity (Wildman–Crippen MR) is 67.6 cm³/mol. The quantitative estimate of drug-likeness (QED) is 0.694. The van der Waals surface area contributed by atoms with Crippen LogP contribution in [0, 0.1) is 0 Å². The van der Waals surface area contributed by atoms with Crippen LogP contribution in [0.1, 0.15) is 5.56 Å². The number of hydrogen-bond acceptors (Lipinski definition) is 4. The third-order valence-electron chi connectivity index (χ3n) is 2.26. The lowest BCUT2D eigenvalue weighted by atomic mass is 10.2. The summed E-state index contributed by atoms with van der Waals surface area (Å²) in [7, 11) is 1.67. The lowest BCUT2D eigenvalue weighted by Crippen LogP contribution is -2.38. The van der Waals surface area contributed by atoms with Gasteiger partial charge in [0.2, 0.25) is 0 Å². The maximum atomic E-state index is 11.7. The number of urea groups is 1. The van der Waals surface area contributed by atoms with Crippen LogP contribution in [0.25, 0.3) is 0 Å². The van der Waals surface area contributed by atoms with Crippen LogP contribution >= 0.6 is 0 Å². The van der Waals surface area contributed by atoms with Crippen molar-refractivity contribution in [2.24, 2.45) is 0 Å². The average Bonchev–Trinajstić information content (AvgIpc) is 2.38. The molecule has 0 aromatic carbocycles. The maximum absolute atomic E-state index is 11.7. The lowest BCUT2D eigenvalue weighted by Gasteiger charge is -2.17. The first-order valence-corrected chi connectivity index (χ1v) is 5.77. The molecule has 0 unspecified atom stereocenters. The van der Waals surface area contributed by atoms with Crippen molar-refractivity contribution in [2.45, 2.75) is 6.54 Å². The second kappa shape index (κ2) is 8.04. The third kappa shape index (κ3) is 6.37. The summed E-state index contributed by atoms with van der Waals surface area (Å²) in [5.74, 6) is -1.03. The molecule has 0 fully saturated rings. The fourth-order valence-electron chi connectivity index (χ4n) is 1.36. The molecule has 0 aliphatic carbocycles. The molecule has 0 aliphatic rings. The SMILES string of the molecule is CN(Cc1ccncc1)C(=O)NCCOCC(=O)O. The van der Waals surface area contributed by atoms with Gasteiger partial charge in [0, 0.05) is 32.5 Å². The van der Waals surface area contributed by atoms with E-state index in [1.807, 2.05) is 12.1 Å². The van der Waals surface area contributed by atoms with Gasteiger partial charge < -0.3 is 20.1 Å². The molecule has 1 aromatic heterocycles. The van der Waals surface area contributed by atoms with Crippen molar-refractivity contribution in [2.75, 3.05) is 26.8 Å². The fourth-order valence-corrected chi connectivity index (χ4v) is 1.36. The van der Waals surface area contributed by atoms with Gasteiger partial charge in [0.05, 0.1) is 6.61 Å². The Balaban J connectivity index is 2.20. The minimum atomic E-state index is -1.03. The van der Waals surface area contributed by atoms with E-state index in [1.54, 1.807) is 19.4 Å². The van der Waals surface area contributed by atoms with Crippen molar-refractivity contribution in [1.29, 1.82) is 0 Å². The number of amides is 2. The normalized spacial score (nSPS) is 9.95. The van der Waals surface area contributed by atoms with Gasteiger partial charge in [-0.3, -0.25) is 4.98 Å². The molecule has 1 rings (SSSR count). The summed E-state index contributed by atoms with van der Waals surface area (Å²) in [5, 5.41) is 11.0. The molecule has 0 atom stereocenters. The van der Waals surface area contributed by atoms with Gasteiger partial charge in [0.25, 0.3) is 0 Å². The van der Waals surface area contributed by atoms with Crippen LogP contribution in [-0.2, 0) is 16.1 Å². The highest BCUT2D eigenvalue weighted by Gasteiger charge is 2.08. The van der Waals surface area contributed by atoms with Crippen LogP contribution in [0.2, 0.25) is 0 Å². The zero-order valence-corrected chi connectivity index (χ0v) is 10.7. The summed E-state index contributed by atoms with van der Waals surface area (Å²) in [6, 6.07) is 3.43. The van der Waals surface area contributed by atoms with Crippen molar-refractivity contribution in [3.63, 3.8) is 0 Å². The van der Waals surface area contributed by atoms with Crippen LogP contribution in [0.15, 0.2) is 24.5 Å². The number of carboxylic acid groups (broad SMARTS) is 1. The molecule has 104 valence electrons. The Bertz CT molecular complexity index is 411. The van der Waals surface area contributed by atoms with E-state index in [-0.39, 0.29) is 25.8 Å². The number of hydrogen-bond donors (Lipinski definition) is 2. The van der Waals surface area contributed by atoms with Gasteiger partial charge in [-0.2, -0.15) is 0 Å². The highest BCUT2D eigenvalue weighted by molar-refractivity contribution is 5.73. The minimum absolute atomic E-state index is 0.168. The number of ether oxygens (including phenoxy) is 1. The Morgan fingerprint density at radius 1 is 1.42 bits per heavy atom. The maximum Gasteiger partial charge on any atom is 0.329 e. The van der Waals surface area contributed by atoms with Crippen molar-refractivity contribution < 1.29 is 19.4 Å². The summed E-state index contributed by atoms with van der Waals surface area (Å²) in [5.41, 5.74) is 0.981. The van der Waals surface area contributed by atoms with E-state index in [9.17, 15) is 9.59 Å². The molecule has 0 spiro atoms. The van der Waals surface area contributed by atoms with Crippen LogP contribution in [-0.4, -0.2) is 53.8 Å². The number of carbonyl (C=O) groups excluding carboxylic acids is 1. The van der Waals surface area contributed by atoms with Gasteiger partial charge >= 0.3 is 12.0 Å². The molecular weight excluding hydrogens is 250 g/mol. The molecule has 2 N–H and O–H groups in total. The number of rotatable bonds is 7.